The van der Waals surface area contributed by atoms with Crippen molar-refractivity contribution in [1.29, 1.82) is 0 Å². The van der Waals surface area contributed by atoms with Crippen molar-refractivity contribution in [2.24, 2.45) is 5.73 Å². The average Bonchev–Trinajstić information content (AvgIpc) is 2.95. The first-order valence-electron chi connectivity index (χ1n) is 12.4. The highest BCUT2D eigenvalue weighted by molar-refractivity contribution is 6.02. The summed E-state index contributed by atoms with van der Waals surface area (Å²) in [5, 5.41) is 15.9. The second kappa shape index (κ2) is 14.0. The molecule has 2 atom stereocenters. The Labute approximate surface area is 228 Å². The molecule has 0 fully saturated rings. The van der Waals surface area contributed by atoms with Gasteiger partial charge in [0, 0.05) is 23.5 Å². The van der Waals surface area contributed by atoms with Crippen LogP contribution in [0.25, 0.3) is 6.08 Å². The lowest BCUT2D eigenvalue weighted by atomic mass is 10.0. The number of nitrogens with one attached hydrogen (secondary N) is 2. The van der Waals surface area contributed by atoms with Gasteiger partial charge in [-0.2, -0.15) is 0 Å². The summed E-state index contributed by atoms with van der Waals surface area (Å²) in [6, 6.07) is 17.6. The fourth-order valence-electron chi connectivity index (χ4n) is 3.97. The van der Waals surface area contributed by atoms with E-state index in [9.17, 15) is 14.7 Å². The summed E-state index contributed by atoms with van der Waals surface area (Å²) in [5.74, 6) is 0.495. The first kappa shape index (κ1) is 29.2. The molecule has 3 aromatic carbocycles. The predicted molar refractivity (Wildman–Crippen MR) is 152 cm³/mol. The van der Waals surface area contributed by atoms with Gasteiger partial charge in [0.15, 0.2) is 11.5 Å². The van der Waals surface area contributed by atoms with Gasteiger partial charge >= 0.3 is 0 Å². The first-order valence-corrected chi connectivity index (χ1v) is 12.4. The fourth-order valence-corrected chi connectivity index (χ4v) is 3.97. The number of anilines is 2. The molecule has 39 heavy (non-hydrogen) atoms. The van der Waals surface area contributed by atoms with Crippen molar-refractivity contribution in [2.45, 2.75) is 31.9 Å². The van der Waals surface area contributed by atoms with Crippen molar-refractivity contribution < 1.29 is 28.9 Å². The molecule has 206 valence electrons. The van der Waals surface area contributed by atoms with Crippen molar-refractivity contribution in [3.05, 3.63) is 83.4 Å². The molecule has 0 aliphatic carbocycles. The SMILES string of the molecule is COc1cc(/C=C/C(=O)Nc2ccc(NC(=O)[C@@H](O)[C@H](N)CCc3ccccc3)c(C)c2)cc(OC)c1OC. The number of amides is 2. The summed E-state index contributed by atoms with van der Waals surface area (Å²) in [6.45, 7) is 1.79. The number of aliphatic hydroxyl groups is 1. The van der Waals surface area contributed by atoms with Crippen LogP contribution in [0, 0.1) is 6.92 Å². The van der Waals surface area contributed by atoms with Gasteiger partial charge in [0.05, 0.1) is 21.3 Å². The largest absolute Gasteiger partial charge is 0.493 e. The summed E-state index contributed by atoms with van der Waals surface area (Å²) in [4.78, 5) is 25.1. The lowest BCUT2D eigenvalue weighted by Gasteiger charge is -2.19. The highest BCUT2D eigenvalue weighted by Crippen LogP contribution is 2.38. The normalized spacial score (nSPS) is 12.5. The summed E-state index contributed by atoms with van der Waals surface area (Å²) in [7, 11) is 4.56. The highest BCUT2D eigenvalue weighted by Gasteiger charge is 2.23. The van der Waals surface area contributed by atoms with Gasteiger partial charge in [0.25, 0.3) is 5.91 Å². The zero-order valence-corrected chi connectivity index (χ0v) is 22.6. The minimum absolute atomic E-state index is 0.347. The van der Waals surface area contributed by atoms with Crippen LogP contribution >= 0.6 is 0 Å². The van der Waals surface area contributed by atoms with E-state index in [4.69, 9.17) is 19.9 Å². The summed E-state index contributed by atoms with van der Waals surface area (Å²) >= 11 is 0. The molecule has 0 aliphatic rings. The van der Waals surface area contributed by atoms with E-state index in [2.05, 4.69) is 10.6 Å². The number of ether oxygens (including phenoxy) is 3. The smallest absolute Gasteiger partial charge is 0.254 e. The van der Waals surface area contributed by atoms with Gasteiger partial charge in [-0.15, -0.1) is 0 Å². The fraction of sp³-hybridized carbons (Fsp3) is 0.267. The van der Waals surface area contributed by atoms with E-state index in [0.29, 0.717) is 52.6 Å². The molecule has 0 bridgehead atoms. The Kier molecular flexibility index (Phi) is 10.5. The van der Waals surface area contributed by atoms with E-state index < -0.39 is 18.1 Å². The lowest BCUT2D eigenvalue weighted by molar-refractivity contribution is -0.125. The quantitative estimate of drug-likeness (QED) is 0.259. The van der Waals surface area contributed by atoms with Crippen LogP contribution in [0.2, 0.25) is 0 Å². The molecule has 3 aromatic rings. The molecule has 5 N–H and O–H groups in total. The molecule has 2 amide bonds. The third-order valence-corrected chi connectivity index (χ3v) is 6.15. The van der Waals surface area contributed by atoms with Crippen molar-refractivity contribution in [3.8, 4) is 17.2 Å². The molecule has 0 radical (unpaired) electrons. The number of benzene rings is 3. The Morgan fingerprint density at radius 3 is 2.21 bits per heavy atom. The Bertz CT molecular complexity index is 1280. The molecule has 0 spiro atoms. The number of carbonyl (C=O) groups is 2. The number of hydrogen-bond acceptors (Lipinski definition) is 7. The van der Waals surface area contributed by atoms with Gasteiger partial charge in [0.2, 0.25) is 11.7 Å². The standard InChI is InChI=1S/C30H35N3O6/c1-19-16-22(32-27(34)15-11-21-17-25(37-2)29(39-4)26(18-21)38-3)12-14-24(19)33-30(36)28(35)23(31)13-10-20-8-6-5-7-9-20/h5-9,11-12,14-18,23,28,35H,10,13,31H2,1-4H3,(H,32,34)(H,33,36)/b15-11+/t23-,28+/m1/s1. The van der Waals surface area contributed by atoms with Crippen LogP contribution in [0.3, 0.4) is 0 Å². The monoisotopic (exact) mass is 533 g/mol. The molecule has 0 aromatic heterocycles. The van der Waals surface area contributed by atoms with Gasteiger partial charge < -0.3 is 35.7 Å². The predicted octanol–water partition coefficient (Wildman–Crippen LogP) is 3.93. The van der Waals surface area contributed by atoms with E-state index >= 15 is 0 Å². The van der Waals surface area contributed by atoms with Crippen LogP contribution in [0.1, 0.15) is 23.1 Å². The van der Waals surface area contributed by atoms with E-state index in [-0.39, 0.29) is 5.91 Å². The summed E-state index contributed by atoms with van der Waals surface area (Å²) < 4.78 is 16.0. The second-order valence-electron chi connectivity index (χ2n) is 8.93. The summed E-state index contributed by atoms with van der Waals surface area (Å²) in [6.07, 6.45) is 2.79. The van der Waals surface area contributed by atoms with Crippen molar-refractivity contribution >= 4 is 29.3 Å². The maximum absolute atomic E-state index is 12.6. The van der Waals surface area contributed by atoms with Crippen LogP contribution < -0.4 is 30.6 Å². The second-order valence-corrected chi connectivity index (χ2v) is 8.93. The van der Waals surface area contributed by atoms with E-state index in [0.717, 1.165) is 5.56 Å². The minimum atomic E-state index is -1.35. The maximum Gasteiger partial charge on any atom is 0.254 e. The Morgan fingerprint density at radius 2 is 1.62 bits per heavy atom. The third kappa shape index (κ3) is 8.07. The van der Waals surface area contributed by atoms with Gasteiger partial charge in [-0.3, -0.25) is 9.59 Å². The topological polar surface area (TPSA) is 132 Å². The minimum Gasteiger partial charge on any atom is -0.493 e. The third-order valence-electron chi connectivity index (χ3n) is 6.15. The average molecular weight is 534 g/mol. The van der Waals surface area contributed by atoms with E-state index in [1.165, 1.54) is 27.4 Å². The molecular formula is C30H35N3O6. The molecule has 0 saturated heterocycles. The Hall–Kier alpha value is -4.34. The summed E-state index contributed by atoms with van der Waals surface area (Å²) in [5.41, 5.74) is 9.62. The Morgan fingerprint density at radius 1 is 0.949 bits per heavy atom. The van der Waals surface area contributed by atoms with Gasteiger partial charge in [-0.1, -0.05) is 30.3 Å². The van der Waals surface area contributed by atoms with Gasteiger partial charge in [-0.25, -0.2) is 0 Å². The molecule has 9 nitrogen and oxygen atoms in total. The van der Waals surface area contributed by atoms with Crippen LogP contribution in [0.4, 0.5) is 11.4 Å². The zero-order chi connectivity index (χ0) is 28.4. The number of aliphatic hydroxyl groups excluding tert-OH is 1. The van der Waals surface area contributed by atoms with Crippen LogP contribution in [-0.4, -0.2) is 50.4 Å². The Balaban J connectivity index is 1.58. The maximum atomic E-state index is 12.6. The number of methoxy groups -OCH3 is 3. The number of aryl methyl sites for hydroxylation is 2. The first-order chi connectivity index (χ1) is 18.7. The molecule has 3 rings (SSSR count). The molecule has 0 unspecified atom stereocenters. The molecular weight excluding hydrogens is 498 g/mol. The van der Waals surface area contributed by atoms with Crippen LogP contribution in [0.15, 0.2) is 66.7 Å². The molecule has 0 heterocycles. The van der Waals surface area contributed by atoms with Gasteiger partial charge in [-0.05, 0) is 72.9 Å². The molecule has 0 aliphatic heterocycles. The van der Waals surface area contributed by atoms with Crippen molar-refractivity contribution in [1.82, 2.24) is 0 Å². The highest BCUT2D eigenvalue weighted by atomic mass is 16.5. The van der Waals surface area contributed by atoms with Crippen molar-refractivity contribution in [3.63, 3.8) is 0 Å². The lowest BCUT2D eigenvalue weighted by Crippen LogP contribution is -2.43. The van der Waals surface area contributed by atoms with Crippen LogP contribution in [-0.2, 0) is 16.0 Å². The van der Waals surface area contributed by atoms with E-state index in [1.807, 2.05) is 30.3 Å². The zero-order valence-electron chi connectivity index (χ0n) is 22.6. The molecule has 0 saturated carbocycles. The van der Waals surface area contributed by atoms with E-state index in [1.54, 1.807) is 43.3 Å². The molecule has 9 heteroatoms. The number of nitrogens with two attached hydrogens (primary N) is 1. The van der Waals surface area contributed by atoms with Crippen LogP contribution in [0.5, 0.6) is 17.2 Å². The van der Waals surface area contributed by atoms with Gasteiger partial charge in [0.1, 0.15) is 6.10 Å². The number of rotatable bonds is 12. The van der Waals surface area contributed by atoms with Crippen molar-refractivity contribution in [2.75, 3.05) is 32.0 Å². The number of hydrogen-bond donors (Lipinski definition) is 4. The number of carbonyl (C=O) groups excluding carboxylic acids is 2.